The molecule has 160 valence electrons. The van der Waals surface area contributed by atoms with E-state index in [1.807, 2.05) is 32.9 Å². The van der Waals surface area contributed by atoms with Gasteiger partial charge in [-0.15, -0.1) is 0 Å². The van der Waals surface area contributed by atoms with Crippen LogP contribution in [0, 0.1) is 20.8 Å². The third kappa shape index (κ3) is 4.90. The number of aromatic nitrogens is 1. The molecule has 1 aromatic heterocycles. The third-order valence-electron chi connectivity index (χ3n) is 5.61. The van der Waals surface area contributed by atoms with E-state index in [-0.39, 0.29) is 5.41 Å². The molecule has 6 nitrogen and oxygen atoms in total. The van der Waals surface area contributed by atoms with Gasteiger partial charge in [-0.25, -0.2) is 13.4 Å². The Bertz CT molecular complexity index is 974. The third-order valence-corrected chi connectivity index (χ3v) is 7.65. The lowest BCUT2D eigenvalue weighted by Gasteiger charge is -2.22. The van der Waals surface area contributed by atoms with E-state index in [0.717, 1.165) is 35.4 Å². The molecule has 3 rings (SSSR count). The molecule has 0 atom stereocenters. The molecule has 7 heteroatoms. The first-order valence-corrected chi connectivity index (χ1v) is 11.7. The van der Waals surface area contributed by atoms with Gasteiger partial charge >= 0.3 is 0 Å². The van der Waals surface area contributed by atoms with Gasteiger partial charge in [0.1, 0.15) is 5.76 Å². The van der Waals surface area contributed by atoms with E-state index >= 15 is 0 Å². The average Bonchev–Trinajstić information content (AvgIpc) is 2.96. The predicted molar refractivity (Wildman–Crippen MR) is 115 cm³/mol. The maximum absolute atomic E-state index is 13.3. The summed E-state index contributed by atoms with van der Waals surface area (Å²) in [6.07, 6.45) is 2.59. The van der Waals surface area contributed by atoms with Crippen LogP contribution in [0.1, 0.15) is 55.5 Å². The van der Waals surface area contributed by atoms with Gasteiger partial charge in [0.25, 0.3) is 0 Å². The van der Waals surface area contributed by atoms with Crippen LogP contribution in [-0.2, 0) is 22.0 Å². The summed E-state index contributed by atoms with van der Waals surface area (Å²) in [7, 11) is -3.50. The molecule has 2 heterocycles. The standard InChI is InChI=1S/C22H33N3O3S/c1-16-12-18(3)19(13-17(16)2)29(26,27)25-9-7-8-24(10-11-25)15-21-23-14-20(28-21)22(4,5)6/h12-14H,7-11,15H2,1-6H3. The Kier molecular flexibility index (Phi) is 6.22. The molecule has 1 saturated heterocycles. The summed E-state index contributed by atoms with van der Waals surface area (Å²) in [5, 5.41) is 0. The van der Waals surface area contributed by atoms with E-state index in [4.69, 9.17) is 4.42 Å². The second kappa shape index (κ2) is 8.20. The zero-order valence-electron chi connectivity index (χ0n) is 18.4. The Balaban J connectivity index is 1.71. The van der Waals surface area contributed by atoms with Crippen LogP contribution in [0.5, 0.6) is 0 Å². The highest BCUT2D eigenvalue weighted by Crippen LogP contribution is 2.26. The molecule has 0 radical (unpaired) electrons. The first-order chi connectivity index (χ1) is 13.5. The highest BCUT2D eigenvalue weighted by Gasteiger charge is 2.29. The van der Waals surface area contributed by atoms with Crippen molar-refractivity contribution in [2.45, 2.75) is 64.8 Å². The summed E-state index contributed by atoms with van der Waals surface area (Å²) < 4.78 is 34.1. The fourth-order valence-electron chi connectivity index (χ4n) is 3.62. The van der Waals surface area contributed by atoms with Crippen molar-refractivity contribution >= 4 is 10.0 Å². The summed E-state index contributed by atoms with van der Waals surface area (Å²) in [4.78, 5) is 7.06. The summed E-state index contributed by atoms with van der Waals surface area (Å²) in [5.74, 6) is 1.56. The molecule has 0 saturated carbocycles. The first-order valence-electron chi connectivity index (χ1n) is 10.2. The van der Waals surface area contributed by atoms with E-state index < -0.39 is 10.0 Å². The molecule has 0 unspecified atom stereocenters. The van der Waals surface area contributed by atoms with Crippen LogP contribution in [0.3, 0.4) is 0 Å². The molecule has 0 amide bonds. The van der Waals surface area contributed by atoms with Crippen molar-refractivity contribution in [3.63, 3.8) is 0 Å². The normalized spacial score (nSPS) is 17.4. The first kappa shape index (κ1) is 22.0. The summed E-state index contributed by atoms with van der Waals surface area (Å²) in [6, 6.07) is 3.77. The number of rotatable bonds is 4. The van der Waals surface area contributed by atoms with Crippen molar-refractivity contribution in [1.29, 1.82) is 0 Å². The van der Waals surface area contributed by atoms with Crippen LogP contribution in [0.4, 0.5) is 0 Å². The zero-order valence-corrected chi connectivity index (χ0v) is 19.3. The van der Waals surface area contributed by atoms with Gasteiger partial charge in [-0.2, -0.15) is 4.31 Å². The fourth-order valence-corrected chi connectivity index (χ4v) is 5.38. The molecule has 0 N–H and O–H groups in total. The molecule has 0 spiro atoms. The van der Waals surface area contributed by atoms with Crippen molar-refractivity contribution in [3.8, 4) is 0 Å². The molecule has 2 aromatic rings. The minimum absolute atomic E-state index is 0.0705. The monoisotopic (exact) mass is 419 g/mol. The number of nitrogens with zero attached hydrogens (tertiary/aromatic N) is 3. The van der Waals surface area contributed by atoms with E-state index in [2.05, 4.69) is 30.7 Å². The Morgan fingerprint density at radius 3 is 2.34 bits per heavy atom. The molecule has 1 aliphatic heterocycles. The van der Waals surface area contributed by atoms with Gasteiger partial charge in [0.2, 0.25) is 15.9 Å². The van der Waals surface area contributed by atoms with Gasteiger partial charge in [-0.1, -0.05) is 26.8 Å². The van der Waals surface area contributed by atoms with Gasteiger partial charge in [0.05, 0.1) is 17.6 Å². The number of oxazole rings is 1. The van der Waals surface area contributed by atoms with Gasteiger partial charge in [0, 0.05) is 25.0 Å². The number of benzene rings is 1. The Labute approximate surface area is 175 Å². The quantitative estimate of drug-likeness (QED) is 0.754. The number of hydrogen-bond donors (Lipinski definition) is 0. The van der Waals surface area contributed by atoms with Crippen LogP contribution in [-0.4, -0.2) is 48.8 Å². The minimum atomic E-state index is -3.50. The maximum atomic E-state index is 13.3. The fraction of sp³-hybridized carbons (Fsp3) is 0.591. The minimum Gasteiger partial charge on any atom is -0.444 e. The summed E-state index contributed by atoms with van der Waals surface area (Å²) in [6.45, 7) is 15.2. The summed E-state index contributed by atoms with van der Waals surface area (Å²) in [5.41, 5.74) is 2.86. The topological polar surface area (TPSA) is 66.7 Å². The predicted octanol–water partition coefficient (Wildman–Crippen LogP) is 3.79. The van der Waals surface area contributed by atoms with Crippen molar-refractivity contribution < 1.29 is 12.8 Å². The number of sulfonamides is 1. The molecule has 0 bridgehead atoms. The maximum Gasteiger partial charge on any atom is 0.243 e. The lowest BCUT2D eigenvalue weighted by Crippen LogP contribution is -2.35. The van der Waals surface area contributed by atoms with E-state index in [0.29, 0.717) is 37.0 Å². The number of hydrogen-bond acceptors (Lipinski definition) is 5. The van der Waals surface area contributed by atoms with Crippen molar-refractivity contribution in [2.24, 2.45) is 0 Å². The molecule has 1 aliphatic rings. The lowest BCUT2D eigenvalue weighted by molar-refractivity contribution is 0.242. The highest BCUT2D eigenvalue weighted by atomic mass is 32.2. The van der Waals surface area contributed by atoms with E-state index in [1.165, 1.54) is 0 Å². The highest BCUT2D eigenvalue weighted by molar-refractivity contribution is 7.89. The SMILES string of the molecule is Cc1cc(C)c(S(=O)(=O)N2CCCN(Cc3ncc(C(C)(C)C)o3)CC2)cc1C. The molecular weight excluding hydrogens is 386 g/mol. The smallest absolute Gasteiger partial charge is 0.243 e. The van der Waals surface area contributed by atoms with Gasteiger partial charge in [0.15, 0.2) is 0 Å². The average molecular weight is 420 g/mol. The summed E-state index contributed by atoms with van der Waals surface area (Å²) >= 11 is 0. The Hall–Kier alpha value is -1.70. The van der Waals surface area contributed by atoms with E-state index in [1.54, 1.807) is 10.5 Å². The Morgan fingerprint density at radius 1 is 1.00 bits per heavy atom. The van der Waals surface area contributed by atoms with Crippen molar-refractivity contribution in [3.05, 3.63) is 46.7 Å². The van der Waals surface area contributed by atoms with Crippen LogP contribution in [0.15, 0.2) is 27.6 Å². The van der Waals surface area contributed by atoms with Crippen LogP contribution >= 0.6 is 0 Å². The van der Waals surface area contributed by atoms with Gasteiger partial charge < -0.3 is 4.42 Å². The van der Waals surface area contributed by atoms with Crippen LogP contribution < -0.4 is 0 Å². The Morgan fingerprint density at radius 2 is 1.69 bits per heavy atom. The lowest BCUT2D eigenvalue weighted by atomic mass is 9.94. The largest absolute Gasteiger partial charge is 0.444 e. The second-order valence-electron chi connectivity index (χ2n) is 9.10. The van der Waals surface area contributed by atoms with Gasteiger partial charge in [-0.3, -0.25) is 4.90 Å². The van der Waals surface area contributed by atoms with Crippen LogP contribution in [0.25, 0.3) is 0 Å². The van der Waals surface area contributed by atoms with Crippen LogP contribution in [0.2, 0.25) is 0 Å². The molecule has 0 aliphatic carbocycles. The molecule has 29 heavy (non-hydrogen) atoms. The van der Waals surface area contributed by atoms with Crippen molar-refractivity contribution in [1.82, 2.24) is 14.2 Å². The molecule has 1 aromatic carbocycles. The zero-order chi connectivity index (χ0) is 21.4. The second-order valence-corrected chi connectivity index (χ2v) is 11.0. The van der Waals surface area contributed by atoms with Gasteiger partial charge in [-0.05, 0) is 56.5 Å². The van der Waals surface area contributed by atoms with Crippen molar-refractivity contribution in [2.75, 3.05) is 26.2 Å². The molecular formula is C22H33N3O3S. The number of aryl methyl sites for hydroxylation is 3. The molecule has 1 fully saturated rings. The van der Waals surface area contributed by atoms with E-state index in [9.17, 15) is 8.42 Å².